The highest BCUT2D eigenvalue weighted by molar-refractivity contribution is 5.36. The molecule has 0 amide bonds. The Morgan fingerprint density at radius 1 is 1.16 bits per heavy atom. The normalized spacial score (nSPS) is 15.4. The van der Waals surface area contributed by atoms with Gasteiger partial charge in [-0.15, -0.1) is 0 Å². The van der Waals surface area contributed by atoms with Gasteiger partial charge in [0.05, 0.1) is 11.8 Å². The number of rotatable bonds is 1. The molecular formula is C11H10F3N5. The molecule has 3 rings (SSSR count). The molecule has 0 aliphatic carbocycles. The highest BCUT2D eigenvalue weighted by Gasteiger charge is 2.31. The second kappa shape index (κ2) is 4.22. The Morgan fingerprint density at radius 2 is 1.89 bits per heavy atom. The van der Waals surface area contributed by atoms with Crippen LogP contribution in [-0.4, -0.2) is 26.7 Å². The topological polar surface area (TPSA) is 57.7 Å². The summed E-state index contributed by atoms with van der Waals surface area (Å²) in [4.78, 5) is 9.41. The molecule has 8 heteroatoms. The van der Waals surface area contributed by atoms with Gasteiger partial charge in [0.25, 0.3) is 0 Å². The number of halogens is 3. The van der Waals surface area contributed by atoms with E-state index >= 15 is 0 Å². The van der Waals surface area contributed by atoms with E-state index in [0.29, 0.717) is 19.0 Å². The number of fused-ring (bicyclic) bond motifs is 1. The third-order valence-electron chi connectivity index (χ3n) is 3.05. The fraction of sp³-hybridized carbons (Fsp3) is 0.364. The van der Waals surface area contributed by atoms with Gasteiger partial charge in [-0.1, -0.05) is 0 Å². The largest absolute Gasteiger partial charge is 0.419 e. The number of aromatic nitrogens is 4. The van der Waals surface area contributed by atoms with Crippen molar-refractivity contribution in [3.63, 3.8) is 0 Å². The third-order valence-corrected chi connectivity index (χ3v) is 3.05. The molecular weight excluding hydrogens is 259 g/mol. The van der Waals surface area contributed by atoms with Crippen LogP contribution in [-0.2, 0) is 19.1 Å². The zero-order chi connectivity index (χ0) is 13.5. The molecule has 1 N–H and O–H groups in total. The minimum Gasteiger partial charge on any atom is -0.336 e. The fourth-order valence-corrected chi connectivity index (χ4v) is 2.02. The number of H-pyrrole nitrogens is 1. The Morgan fingerprint density at radius 3 is 2.58 bits per heavy atom. The Labute approximate surface area is 106 Å². The van der Waals surface area contributed by atoms with E-state index in [9.17, 15) is 13.2 Å². The van der Waals surface area contributed by atoms with Crippen LogP contribution in [0.2, 0.25) is 0 Å². The summed E-state index contributed by atoms with van der Waals surface area (Å²) < 4.78 is 37.2. The van der Waals surface area contributed by atoms with Crippen molar-refractivity contribution in [2.24, 2.45) is 0 Å². The first-order valence-electron chi connectivity index (χ1n) is 5.69. The molecule has 0 saturated carbocycles. The maximum absolute atomic E-state index is 12.4. The minimum absolute atomic E-state index is 0.305. The lowest BCUT2D eigenvalue weighted by Gasteiger charge is -2.26. The Bertz CT molecular complexity index is 575. The van der Waals surface area contributed by atoms with E-state index in [1.54, 1.807) is 6.20 Å². The maximum Gasteiger partial charge on any atom is 0.419 e. The summed E-state index contributed by atoms with van der Waals surface area (Å²) >= 11 is 0. The molecule has 19 heavy (non-hydrogen) atoms. The molecule has 5 nitrogen and oxygen atoms in total. The van der Waals surface area contributed by atoms with E-state index in [1.165, 1.54) is 0 Å². The average molecular weight is 269 g/mol. The first-order chi connectivity index (χ1) is 9.04. The number of alkyl halides is 3. The third kappa shape index (κ3) is 2.25. The average Bonchev–Trinajstić information content (AvgIpc) is 2.85. The Balaban J connectivity index is 1.81. The number of aromatic amines is 1. The Hall–Kier alpha value is -2.12. The first-order valence-corrected chi connectivity index (χ1v) is 5.69. The zero-order valence-electron chi connectivity index (χ0n) is 9.78. The van der Waals surface area contributed by atoms with Crippen molar-refractivity contribution >= 4 is 5.95 Å². The maximum atomic E-state index is 12.4. The molecule has 2 aromatic rings. The van der Waals surface area contributed by atoms with Crippen LogP contribution in [0.5, 0.6) is 0 Å². The highest BCUT2D eigenvalue weighted by atomic mass is 19.4. The summed E-state index contributed by atoms with van der Waals surface area (Å²) in [5.41, 5.74) is 1.25. The lowest BCUT2D eigenvalue weighted by atomic mass is 10.1. The SMILES string of the molecule is FC(F)(F)c1cnc(N2CCc3[nH]ncc3C2)nc1. The van der Waals surface area contributed by atoms with Gasteiger partial charge in [0.1, 0.15) is 0 Å². The molecule has 2 aromatic heterocycles. The summed E-state index contributed by atoms with van der Waals surface area (Å²) in [5, 5.41) is 6.83. The van der Waals surface area contributed by atoms with Gasteiger partial charge in [0.2, 0.25) is 5.95 Å². The van der Waals surface area contributed by atoms with Gasteiger partial charge in [0.15, 0.2) is 0 Å². The summed E-state index contributed by atoms with van der Waals surface area (Å²) in [6, 6.07) is 0. The van der Waals surface area contributed by atoms with Crippen molar-refractivity contribution in [1.29, 1.82) is 0 Å². The van der Waals surface area contributed by atoms with Gasteiger partial charge < -0.3 is 4.90 Å². The first kappa shape index (κ1) is 11.9. The lowest BCUT2D eigenvalue weighted by Crippen LogP contribution is -2.31. The van der Waals surface area contributed by atoms with Crippen LogP contribution in [0.25, 0.3) is 0 Å². The quantitative estimate of drug-likeness (QED) is 0.857. The number of nitrogens with one attached hydrogen (secondary N) is 1. The second-order valence-corrected chi connectivity index (χ2v) is 4.31. The van der Waals surface area contributed by atoms with Crippen LogP contribution in [0.15, 0.2) is 18.6 Å². The van der Waals surface area contributed by atoms with Gasteiger partial charge in [0, 0.05) is 43.2 Å². The molecule has 1 aliphatic heterocycles. The van der Waals surface area contributed by atoms with Crippen molar-refractivity contribution in [3.05, 3.63) is 35.4 Å². The number of hydrogen-bond acceptors (Lipinski definition) is 4. The Kier molecular flexibility index (Phi) is 2.65. The second-order valence-electron chi connectivity index (χ2n) is 4.31. The molecule has 0 fully saturated rings. The van der Waals surface area contributed by atoms with Gasteiger partial charge in [-0.3, -0.25) is 5.10 Å². The summed E-state index contributed by atoms with van der Waals surface area (Å²) in [6.07, 6.45) is -0.316. The molecule has 0 unspecified atom stereocenters. The molecule has 0 atom stereocenters. The number of hydrogen-bond donors (Lipinski definition) is 1. The summed E-state index contributed by atoms with van der Waals surface area (Å²) in [5.74, 6) is 0.305. The monoisotopic (exact) mass is 269 g/mol. The van der Waals surface area contributed by atoms with Crippen molar-refractivity contribution in [2.45, 2.75) is 19.1 Å². The van der Waals surface area contributed by atoms with Crippen molar-refractivity contribution < 1.29 is 13.2 Å². The smallest absolute Gasteiger partial charge is 0.336 e. The number of nitrogens with zero attached hydrogens (tertiary/aromatic N) is 4. The van der Waals surface area contributed by atoms with Crippen LogP contribution < -0.4 is 4.90 Å². The predicted molar refractivity (Wildman–Crippen MR) is 60.4 cm³/mol. The molecule has 0 bridgehead atoms. The van der Waals surface area contributed by atoms with Crippen molar-refractivity contribution in [3.8, 4) is 0 Å². The van der Waals surface area contributed by atoms with E-state index in [-0.39, 0.29) is 0 Å². The van der Waals surface area contributed by atoms with Gasteiger partial charge in [-0.05, 0) is 0 Å². The van der Waals surface area contributed by atoms with Crippen LogP contribution in [0, 0.1) is 0 Å². The molecule has 0 saturated heterocycles. The molecule has 100 valence electrons. The van der Waals surface area contributed by atoms with Crippen molar-refractivity contribution in [1.82, 2.24) is 20.2 Å². The molecule has 1 aliphatic rings. The van der Waals surface area contributed by atoms with E-state index < -0.39 is 11.7 Å². The van der Waals surface area contributed by atoms with Crippen molar-refractivity contribution in [2.75, 3.05) is 11.4 Å². The molecule has 0 spiro atoms. The van der Waals surface area contributed by atoms with E-state index in [2.05, 4.69) is 20.2 Å². The summed E-state index contributed by atoms with van der Waals surface area (Å²) in [7, 11) is 0. The van der Waals surface area contributed by atoms with Crippen LogP contribution in [0.1, 0.15) is 16.8 Å². The molecule has 0 aromatic carbocycles. The van der Waals surface area contributed by atoms with Gasteiger partial charge >= 0.3 is 6.18 Å². The van der Waals surface area contributed by atoms with Crippen LogP contribution in [0.3, 0.4) is 0 Å². The standard InChI is InChI=1S/C11H10F3N5/c12-11(13,14)8-4-15-10(16-5-8)19-2-1-9-7(6-19)3-17-18-9/h3-5H,1-2,6H2,(H,17,18). The lowest BCUT2D eigenvalue weighted by molar-refractivity contribution is -0.138. The fourth-order valence-electron chi connectivity index (χ4n) is 2.02. The summed E-state index contributed by atoms with van der Waals surface area (Å²) in [6.45, 7) is 1.21. The van der Waals surface area contributed by atoms with Crippen LogP contribution in [0.4, 0.5) is 19.1 Å². The van der Waals surface area contributed by atoms with E-state index in [0.717, 1.165) is 30.1 Å². The van der Waals surface area contributed by atoms with E-state index in [4.69, 9.17) is 0 Å². The molecule has 3 heterocycles. The minimum atomic E-state index is -4.40. The van der Waals surface area contributed by atoms with Gasteiger partial charge in [-0.2, -0.15) is 18.3 Å². The van der Waals surface area contributed by atoms with Crippen LogP contribution >= 0.6 is 0 Å². The van der Waals surface area contributed by atoms with E-state index in [1.807, 2.05) is 4.90 Å². The van der Waals surface area contributed by atoms with Gasteiger partial charge in [-0.25, -0.2) is 9.97 Å². The molecule has 0 radical (unpaired) electrons. The highest BCUT2D eigenvalue weighted by Crippen LogP contribution is 2.29. The number of anilines is 1. The predicted octanol–water partition coefficient (Wildman–Crippen LogP) is 1.78. The zero-order valence-corrected chi connectivity index (χ0v) is 9.78.